The smallest absolute Gasteiger partial charge is 0.251 e. The monoisotopic (exact) mass is 558 g/mol. The highest BCUT2D eigenvalue weighted by Crippen LogP contribution is 2.18. The van der Waals surface area contributed by atoms with Crippen molar-refractivity contribution in [3.63, 3.8) is 0 Å². The Balaban J connectivity index is 0.00000512. The maximum atomic E-state index is 12.4. The zero-order valence-corrected chi connectivity index (χ0v) is 22.7. The highest BCUT2D eigenvalue weighted by Gasteiger charge is 2.19. The second kappa shape index (κ2) is 16.3. The summed E-state index contributed by atoms with van der Waals surface area (Å²) in [5.41, 5.74) is 1.71. The van der Waals surface area contributed by atoms with Gasteiger partial charge in [0.25, 0.3) is 5.91 Å². The van der Waals surface area contributed by atoms with Crippen LogP contribution in [0.3, 0.4) is 0 Å². The molecule has 1 heterocycles. The van der Waals surface area contributed by atoms with E-state index in [0.29, 0.717) is 18.7 Å². The predicted octanol–water partition coefficient (Wildman–Crippen LogP) is 2.92. The second-order valence-corrected chi connectivity index (χ2v) is 8.48. The van der Waals surface area contributed by atoms with E-state index in [1.807, 2.05) is 43.3 Å². The van der Waals surface area contributed by atoms with E-state index in [1.165, 1.54) is 32.2 Å². The molecule has 8 heteroatoms. The molecule has 0 radical (unpaired) electrons. The number of carbonyl (C=O) groups excluding carboxylic acids is 1. The fourth-order valence-corrected chi connectivity index (χ4v) is 3.95. The summed E-state index contributed by atoms with van der Waals surface area (Å²) in [6, 6.07) is 8.44. The number of hydrogen-bond acceptors (Lipinski definition) is 4. The summed E-state index contributed by atoms with van der Waals surface area (Å²) in [6.07, 6.45) is 5.22. The van der Waals surface area contributed by atoms with Crippen LogP contribution in [0.5, 0.6) is 0 Å². The van der Waals surface area contributed by atoms with Gasteiger partial charge >= 0.3 is 0 Å². The number of rotatable bonds is 11. The van der Waals surface area contributed by atoms with Crippen LogP contribution in [0.4, 0.5) is 0 Å². The Labute approximate surface area is 211 Å². The lowest BCUT2D eigenvalue weighted by Gasteiger charge is -2.35. The van der Waals surface area contributed by atoms with Gasteiger partial charge in [-0.25, -0.2) is 4.99 Å². The van der Waals surface area contributed by atoms with Gasteiger partial charge in [0.05, 0.1) is 6.54 Å². The summed E-state index contributed by atoms with van der Waals surface area (Å²) in [5, 5.41) is 9.76. The number of benzene rings is 1. The van der Waals surface area contributed by atoms with E-state index in [4.69, 9.17) is 4.99 Å². The number of likely N-dealkylation sites (N-methyl/N-ethyl adjacent to an activating group) is 1. The van der Waals surface area contributed by atoms with E-state index in [1.54, 1.807) is 0 Å². The van der Waals surface area contributed by atoms with Gasteiger partial charge in [-0.1, -0.05) is 25.5 Å². The first kappa shape index (κ1) is 28.6. The molecule has 1 unspecified atom stereocenters. The van der Waals surface area contributed by atoms with Crippen molar-refractivity contribution in [3.8, 4) is 0 Å². The van der Waals surface area contributed by atoms with Gasteiger partial charge in [0, 0.05) is 44.3 Å². The van der Waals surface area contributed by atoms with Crippen LogP contribution in [0.15, 0.2) is 29.3 Å². The van der Waals surface area contributed by atoms with Gasteiger partial charge in [0.15, 0.2) is 5.96 Å². The van der Waals surface area contributed by atoms with Crippen molar-refractivity contribution in [1.29, 1.82) is 0 Å². The van der Waals surface area contributed by atoms with E-state index < -0.39 is 0 Å². The largest absolute Gasteiger partial charge is 0.357 e. The standard InChI is InChI=1S/C24H42N6O.HI/c1-5-22-12-7-8-15-30(22)17-14-27-24(25-6-2)28-19-20-10-9-11-21(18-20)23(31)26-13-16-29(3)4;/h9-11,18,22H,5-8,12-17,19H2,1-4H3,(H,26,31)(H2,25,27,28);1H. The third-order valence-electron chi connectivity index (χ3n) is 5.71. The quantitative estimate of drug-likeness (QED) is 0.222. The van der Waals surface area contributed by atoms with E-state index >= 15 is 0 Å². The topological polar surface area (TPSA) is 72.0 Å². The first-order valence-corrected chi connectivity index (χ1v) is 11.8. The van der Waals surface area contributed by atoms with Crippen LogP contribution < -0.4 is 16.0 Å². The van der Waals surface area contributed by atoms with Crippen molar-refractivity contribution >= 4 is 35.8 Å². The Morgan fingerprint density at radius 3 is 2.69 bits per heavy atom. The summed E-state index contributed by atoms with van der Waals surface area (Å²) in [5.74, 6) is 0.790. The van der Waals surface area contributed by atoms with E-state index in [0.717, 1.165) is 43.7 Å². The van der Waals surface area contributed by atoms with Crippen molar-refractivity contribution in [2.75, 3.05) is 53.4 Å². The van der Waals surface area contributed by atoms with Gasteiger partial charge in [-0.3, -0.25) is 9.69 Å². The molecule has 0 aromatic heterocycles. The molecule has 2 rings (SSSR count). The number of likely N-dealkylation sites (tertiary alicyclic amines) is 1. The highest BCUT2D eigenvalue weighted by molar-refractivity contribution is 14.0. The second-order valence-electron chi connectivity index (χ2n) is 8.48. The van der Waals surface area contributed by atoms with E-state index in [2.05, 4.69) is 34.7 Å². The van der Waals surface area contributed by atoms with Gasteiger partial charge in [-0.05, 0) is 64.5 Å². The molecule has 7 nitrogen and oxygen atoms in total. The molecule has 1 aromatic rings. The van der Waals surface area contributed by atoms with Gasteiger partial charge in [0.2, 0.25) is 0 Å². The van der Waals surface area contributed by atoms with Crippen LogP contribution in [0.1, 0.15) is 55.5 Å². The van der Waals surface area contributed by atoms with Crippen LogP contribution >= 0.6 is 24.0 Å². The first-order chi connectivity index (χ1) is 15.0. The fourth-order valence-electron chi connectivity index (χ4n) is 3.95. The summed E-state index contributed by atoms with van der Waals surface area (Å²) >= 11 is 0. The number of amides is 1. The maximum absolute atomic E-state index is 12.4. The fraction of sp³-hybridized carbons (Fsp3) is 0.667. The molecule has 0 saturated carbocycles. The lowest BCUT2D eigenvalue weighted by molar-refractivity contribution is 0.0951. The molecule has 0 spiro atoms. The first-order valence-electron chi connectivity index (χ1n) is 11.8. The zero-order valence-electron chi connectivity index (χ0n) is 20.3. The average Bonchev–Trinajstić information content (AvgIpc) is 2.77. The summed E-state index contributed by atoms with van der Waals surface area (Å²) < 4.78 is 0. The Bertz CT molecular complexity index is 697. The number of carbonyl (C=O) groups is 1. The van der Waals surface area contributed by atoms with Crippen LogP contribution in [0.2, 0.25) is 0 Å². The average molecular weight is 559 g/mol. The van der Waals surface area contributed by atoms with Crippen LogP contribution in [-0.2, 0) is 6.54 Å². The molecule has 1 fully saturated rings. The number of nitrogens with zero attached hydrogens (tertiary/aromatic N) is 3. The number of aliphatic imine (C=N–C) groups is 1. The molecule has 1 aliphatic heterocycles. The molecule has 1 atom stereocenters. The molecular weight excluding hydrogens is 515 g/mol. The van der Waals surface area contributed by atoms with Crippen LogP contribution in [0, 0.1) is 0 Å². The molecule has 1 saturated heterocycles. The van der Waals surface area contributed by atoms with E-state index in [-0.39, 0.29) is 29.9 Å². The number of halogens is 1. The van der Waals surface area contributed by atoms with Gasteiger partial charge in [-0.2, -0.15) is 0 Å². The van der Waals surface area contributed by atoms with Gasteiger partial charge in [-0.15, -0.1) is 24.0 Å². The van der Waals surface area contributed by atoms with Gasteiger partial charge in [0.1, 0.15) is 0 Å². The maximum Gasteiger partial charge on any atom is 0.251 e. The Hall–Kier alpha value is -1.39. The molecular formula is C24H43IN6O. The number of hydrogen-bond donors (Lipinski definition) is 3. The SMILES string of the molecule is CCNC(=NCc1cccc(C(=O)NCCN(C)C)c1)NCCN1CCCCC1CC.I. The Morgan fingerprint density at radius 2 is 1.97 bits per heavy atom. The summed E-state index contributed by atoms with van der Waals surface area (Å²) in [4.78, 5) is 21.8. The molecule has 32 heavy (non-hydrogen) atoms. The minimum absolute atomic E-state index is 0. The van der Waals surface area contributed by atoms with Crippen molar-refractivity contribution < 1.29 is 4.79 Å². The predicted molar refractivity (Wildman–Crippen MR) is 145 cm³/mol. The minimum atomic E-state index is -0.0373. The van der Waals surface area contributed by atoms with Crippen molar-refractivity contribution in [2.45, 2.75) is 52.1 Å². The Kier molecular flexibility index (Phi) is 14.6. The third-order valence-corrected chi connectivity index (χ3v) is 5.71. The molecule has 0 bridgehead atoms. The lowest BCUT2D eigenvalue weighted by atomic mass is 10.0. The molecule has 0 aliphatic carbocycles. The van der Waals surface area contributed by atoms with E-state index in [9.17, 15) is 4.79 Å². The number of nitrogens with one attached hydrogen (secondary N) is 3. The minimum Gasteiger partial charge on any atom is -0.357 e. The molecule has 1 aliphatic rings. The normalized spacial score (nSPS) is 17.0. The number of piperidine rings is 1. The van der Waals surface area contributed by atoms with Crippen LogP contribution in [-0.4, -0.2) is 81.1 Å². The number of guanidine groups is 1. The lowest BCUT2D eigenvalue weighted by Crippen LogP contribution is -2.45. The summed E-state index contributed by atoms with van der Waals surface area (Å²) in [7, 11) is 3.99. The van der Waals surface area contributed by atoms with Crippen molar-refractivity contribution in [3.05, 3.63) is 35.4 Å². The zero-order chi connectivity index (χ0) is 22.5. The molecule has 182 valence electrons. The molecule has 1 aromatic carbocycles. The van der Waals surface area contributed by atoms with Crippen molar-refractivity contribution in [1.82, 2.24) is 25.8 Å². The Morgan fingerprint density at radius 1 is 1.16 bits per heavy atom. The summed E-state index contributed by atoms with van der Waals surface area (Å²) in [6.45, 7) is 10.3. The highest BCUT2D eigenvalue weighted by atomic mass is 127. The van der Waals surface area contributed by atoms with Crippen molar-refractivity contribution in [2.24, 2.45) is 4.99 Å². The van der Waals surface area contributed by atoms with Gasteiger partial charge < -0.3 is 20.9 Å². The molecule has 3 N–H and O–H groups in total. The van der Waals surface area contributed by atoms with Crippen LogP contribution in [0.25, 0.3) is 0 Å². The third kappa shape index (κ3) is 10.5. The molecule has 1 amide bonds.